The van der Waals surface area contributed by atoms with Crippen LogP contribution >= 0.6 is 0 Å². The molecule has 0 bridgehead atoms. The Balaban J connectivity index is 0.000000413. The third kappa shape index (κ3) is 16.6. The van der Waals surface area contributed by atoms with Crippen molar-refractivity contribution in [2.24, 2.45) is 20.5 Å². The van der Waals surface area contributed by atoms with E-state index >= 15 is 0 Å². The number of hydrogen-bond acceptors (Lipinski definition) is 20. The van der Waals surface area contributed by atoms with Gasteiger partial charge < -0.3 is 29.2 Å². The molecule has 0 saturated carbocycles. The number of non-ortho nitro benzene ring substituents is 2. The average molecular weight is 1010 g/mol. The van der Waals surface area contributed by atoms with Gasteiger partial charge in [-0.25, -0.2) is 16.8 Å². The minimum absolute atomic E-state index is 0. The Morgan fingerprint density at radius 2 is 0.934 bits per heavy atom. The standard InChI is InChI=1S/2C17H16N4O8S.Ba/c2*1-10(22)5-17(23)18-16-9-13(29-2)3-4-15(16)20-19-11-6-12(21(24)25)8-14(7-11)30(26,27)28;/h2*3-4,6-9H,5H2,1-2H3,(H,18,23)(H,26,27,28);/q;;+2/p-2. The molecule has 0 fully saturated rings. The zero-order chi connectivity index (χ0) is 44.9. The molecular weight excluding hydrogens is 978 g/mol. The van der Waals surface area contributed by atoms with Crippen LogP contribution in [0.15, 0.2) is 103 Å². The predicted octanol–water partition coefficient (Wildman–Crippen LogP) is 5.30. The van der Waals surface area contributed by atoms with E-state index in [0.29, 0.717) is 23.6 Å². The van der Waals surface area contributed by atoms with Crippen LogP contribution in [0.2, 0.25) is 0 Å². The number of carbonyl (C=O) groups is 4. The summed E-state index contributed by atoms with van der Waals surface area (Å²) in [6.07, 6.45) is -0.743. The Morgan fingerprint density at radius 3 is 1.21 bits per heavy atom. The van der Waals surface area contributed by atoms with Gasteiger partial charge in [0, 0.05) is 36.4 Å². The van der Waals surface area contributed by atoms with Gasteiger partial charge in [0.05, 0.1) is 69.4 Å². The summed E-state index contributed by atoms with van der Waals surface area (Å²) in [6, 6.07) is 13.4. The Labute approximate surface area is 385 Å². The third-order valence-corrected chi connectivity index (χ3v) is 8.70. The number of ether oxygens (including phenoxy) is 2. The van der Waals surface area contributed by atoms with E-state index in [-0.39, 0.29) is 107 Å². The number of ketones is 2. The predicted molar refractivity (Wildman–Crippen MR) is 210 cm³/mol. The maximum Gasteiger partial charge on any atom is 2.00 e. The number of benzene rings is 4. The molecule has 0 unspecified atom stereocenters. The Bertz CT molecular complexity index is 2480. The number of hydrogen-bond donors (Lipinski definition) is 2. The van der Waals surface area contributed by atoms with Gasteiger partial charge in [-0.15, -0.1) is 10.2 Å². The second-order valence-corrected chi connectivity index (χ2v) is 14.6. The first-order valence-corrected chi connectivity index (χ1v) is 19.1. The molecule has 4 rings (SSSR count). The summed E-state index contributed by atoms with van der Waals surface area (Å²) in [7, 11) is -7.15. The summed E-state index contributed by atoms with van der Waals surface area (Å²) < 4.78 is 77.5. The molecule has 0 spiro atoms. The number of nitrogens with one attached hydrogen (secondary N) is 2. The topological polar surface area (TPSA) is 361 Å². The molecule has 0 saturated heterocycles. The number of anilines is 2. The summed E-state index contributed by atoms with van der Waals surface area (Å²) in [6.45, 7) is 2.49. The smallest absolute Gasteiger partial charge is 0.744 e. The van der Waals surface area contributed by atoms with Crippen LogP contribution in [0.3, 0.4) is 0 Å². The van der Waals surface area contributed by atoms with Gasteiger partial charge in [-0.1, -0.05) is 0 Å². The second kappa shape index (κ2) is 22.7. The zero-order valence-corrected chi connectivity index (χ0v) is 38.2. The molecule has 61 heavy (non-hydrogen) atoms. The summed E-state index contributed by atoms with van der Waals surface area (Å²) in [5.74, 6) is -1.21. The van der Waals surface area contributed by atoms with Crippen LogP contribution in [-0.2, 0) is 39.4 Å². The van der Waals surface area contributed by atoms with E-state index in [1.54, 1.807) is 0 Å². The van der Waals surface area contributed by atoms with Crippen LogP contribution in [-0.4, -0.2) is 122 Å². The van der Waals surface area contributed by atoms with Crippen molar-refractivity contribution < 1.29 is 64.4 Å². The first-order valence-electron chi connectivity index (χ1n) is 16.3. The van der Waals surface area contributed by atoms with E-state index in [1.165, 1.54) is 64.5 Å². The number of azo groups is 2. The number of amides is 2. The summed E-state index contributed by atoms with van der Waals surface area (Å²) in [5.41, 5.74) is -1.42. The first-order chi connectivity index (χ1) is 28.0. The molecule has 316 valence electrons. The largest absolute Gasteiger partial charge is 2.00 e. The van der Waals surface area contributed by atoms with Gasteiger partial charge in [-0.05, 0) is 50.2 Å². The van der Waals surface area contributed by atoms with Crippen LogP contribution in [0.1, 0.15) is 26.7 Å². The molecule has 4 aromatic carbocycles. The zero-order valence-electron chi connectivity index (χ0n) is 32.1. The third-order valence-electron chi connectivity index (χ3n) is 7.07. The first kappa shape index (κ1) is 51.3. The van der Waals surface area contributed by atoms with E-state index in [1.807, 2.05) is 0 Å². The van der Waals surface area contributed by atoms with Crippen LogP contribution in [0.4, 0.5) is 45.5 Å². The summed E-state index contributed by atoms with van der Waals surface area (Å²) in [5, 5.41) is 42.1. The maximum atomic E-state index is 11.9. The molecule has 0 atom stereocenters. The summed E-state index contributed by atoms with van der Waals surface area (Å²) >= 11 is 0. The van der Waals surface area contributed by atoms with E-state index in [4.69, 9.17) is 9.47 Å². The van der Waals surface area contributed by atoms with E-state index in [9.17, 15) is 65.3 Å². The fourth-order valence-electron chi connectivity index (χ4n) is 4.47. The molecule has 0 radical (unpaired) electrons. The van der Waals surface area contributed by atoms with Gasteiger partial charge in [-0.2, -0.15) is 10.2 Å². The van der Waals surface area contributed by atoms with Crippen LogP contribution in [0.25, 0.3) is 0 Å². The Hall–Kier alpha value is -5.85. The average Bonchev–Trinajstić information content (AvgIpc) is 3.15. The van der Waals surface area contributed by atoms with Crippen LogP contribution in [0.5, 0.6) is 11.5 Å². The molecular formula is C34H30BaN8O16S2. The van der Waals surface area contributed by atoms with E-state index < -0.39 is 63.1 Å². The van der Waals surface area contributed by atoms with Crippen molar-refractivity contribution in [3.63, 3.8) is 0 Å². The maximum absolute atomic E-state index is 11.9. The number of nitrogens with zero attached hydrogens (tertiary/aromatic N) is 6. The summed E-state index contributed by atoms with van der Waals surface area (Å²) in [4.78, 5) is 64.6. The SMILES string of the molecule is COc1ccc(N=Nc2cc([N+](=O)[O-])cc(S(=O)(=O)[O-])c2)c(NC(=O)CC(C)=O)c1.COc1ccc(N=Nc2cc([N+](=O)[O-])cc(S(=O)(=O)[O-])c2)c(NC(=O)CC(C)=O)c1.[Ba+2]. The van der Waals surface area contributed by atoms with Gasteiger partial charge >= 0.3 is 48.9 Å². The number of nitro benzene ring substituents is 2. The molecule has 0 aliphatic heterocycles. The normalized spacial score (nSPS) is 11.1. The minimum atomic E-state index is -4.97. The Morgan fingerprint density at radius 1 is 0.590 bits per heavy atom. The number of rotatable bonds is 16. The minimum Gasteiger partial charge on any atom is -0.744 e. The molecule has 27 heteroatoms. The number of methoxy groups -OCH3 is 2. The van der Waals surface area contributed by atoms with E-state index in [2.05, 4.69) is 31.1 Å². The van der Waals surface area contributed by atoms with Gasteiger partial charge in [0.15, 0.2) is 0 Å². The molecule has 2 N–H and O–H groups in total. The molecule has 0 aliphatic rings. The van der Waals surface area contributed by atoms with Crippen LogP contribution < -0.4 is 20.1 Å². The monoisotopic (exact) mass is 1010 g/mol. The molecule has 4 aromatic rings. The molecule has 24 nitrogen and oxygen atoms in total. The van der Waals surface area contributed by atoms with Gasteiger partial charge in [0.25, 0.3) is 11.4 Å². The number of Topliss-reactive ketones (excluding diaryl/α,β-unsaturated/α-hetero) is 2. The fraction of sp³-hybridized carbons (Fsp3) is 0.176. The fourth-order valence-corrected chi connectivity index (χ4v) is 5.53. The van der Waals surface area contributed by atoms with Crippen molar-refractivity contribution in [2.45, 2.75) is 36.5 Å². The van der Waals surface area contributed by atoms with Crippen molar-refractivity contribution in [3.05, 3.63) is 93.0 Å². The van der Waals surface area contributed by atoms with Crippen LogP contribution in [0, 0.1) is 20.2 Å². The van der Waals surface area contributed by atoms with Crippen molar-refractivity contribution in [1.82, 2.24) is 0 Å². The molecule has 0 aromatic heterocycles. The Kier molecular flexibility index (Phi) is 19.1. The molecule has 0 aliphatic carbocycles. The van der Waals surface area contributed by atoms with Crippen molar-refractivity contribution in [3.8, 4) is 11.5 Å². The van der Waals surface area contributed by atoms with Crippen molar-refractivity contribution >= 4 is 138 Å². The van der Waals surface area contributed by atoms with Crippen molar-refractivity contribution in [1.29, 1.82) is 0 Å². The van der Waals surface area contributed by atoms with Gasteiger partial charge in [0.2, 0.25) is 11.8 Å². The van der Waals surface area contributed by atoms with E-state index in [0.717, 1.165) is 24.3 Å². The molecule has 2 amide bonds. The number of nitro groups is 2. The second-order valence-electron chi connectivity index (χ2n) is 11.8. The quantitative estimate of drug-likeness (QED) is 0.0359. The van der Waals surface area contributed by atoms with Gasteiger partial charge in [-0.3, -0.25) is 39.4 Å². The van der Waals surface area contributed by atoms with Crippen molar-refractivity contribution in [2.75, 3.05) is 24.9 Å². The number of carbonyl (C=O) groups excluding carboxylic acids is 4. The molecule has 0 heterocycles. The van der Waals surface area contributed by atoms with Gasteiger partial charge in [0.1, 0.15) is 54.7 Å².